The number of carbonyl (C=O) groups is 1. The molecule has 0 amide bonds. The van der Waals surface area contributed by atoms with Gasteiger partial charge in [0.15, 0.2) is 0 Å². The minimum absolute atomic E-state index is 0.0774. The van der Waals surface area contributed by atoms with E-state index in [-0.39, 0.29) is 23.9 Å². The molecular weight excluding hydrogens is 463 g/mol. The predicted octanol–water partition coefficient (Wildman–Crippen LogP) is 5.47. The lowest BCUT2D eigenvalue weighted by Crippen LogP contribution is -2.09. The van der Waals surface area contributed by atoms with Crippen LogP contribution in [0.4, 0.5) is 4.39 Å². The summed E-state index contributed by atoms with van der Waals surface area (Å²) >= 11 is 0. The van der Waals surface area contributed by atoms with Crippen molar-refractivity contribution < 1.29 is 28.1 Å². The predicted molar refractivity (Wildman–Crippen MR) is 125 cm³/mol. The highest BCUT2D eigenvalue weighted by Crippen LogP contribution is 2.44. The summed E-state index contributed by atoms with van der Waals surface area (Å²) in [6, 6.07) is 16.9. The molecule has 0 saturated carbocycles. The molecule has 180 valence electrons. The van der Waals surface area contributed by atoms with E-state index in [2.05, 4.69) is 0 Å². The molecule has 36 heavy (non-hydrogen) atoms. The Kier molecular flexibility index (Phi) is 6.18. The van der Waals surface area contributed by atoms with E-state index in [4.69, 9.17) is 24.2 Å². The van der Waals surface area contributed by atoms with Gasteiger partial charge in [0.25, 0.3) is 0 Å². The van der Waals surface area contributed by atoms with Gasteiger partial charge in [-0.2, -0.15) is 10.5 Å². The van der Waals surface area contributed by atoms with Crippen LogP contribution in [0.3, 0.4) is 0 Å². The van der Waals surface area contributed by atoms with Crippen LogP contribution < -0.4 is 14.2 Å². The van der Waals surface area contributed by atoms with Gasteiger partial charge < -0.3 is 18.9 Å². The molecule has 1 heterocycles. The maximum absolute atomic E-state index is 14.9. The van der Waals surface area contributed by atoms with Crippen molar-refractivity contribution in [1.82, 2.24) is 0 Å². The topological polar surface area (TPSA) is 102 Å². The number of methoxy groups -OCH3 is 1. The number of rotatable bonds is 6. The van der Waals surface area contributed by atoms with Gasteiger partial charge >= 0.3 is 5.97 Å². The maximum Gasteiger partial charge on any atom is 0.306 e. The van der Waals surface area contributed by atoms with Crippen molar-refractivity contribution in [2.24, 2.45) is 0 Å². The molecule has 0 aromatic heterocycles. The Morgan fingerprint density at radius 3 is 2.72 bits per heavy atom. The zero-order chi connectivity index (χ0) is 25.2. The summed E-state index contributed by atoms with van der Waals surface area (Å²) in [5.41, 5.74) is 2.60. The van der Waals surface area contributed by atoms with Crippen LogP contribution in [0.1, 0.15) is 52.7 Å². The van der Waals surface area contributed by atoms with Crippen LogP contribution in [0.25, 0.3) is 0 Å². The molecule has 0 fully saturated rings. The second-order valence-corrected chi connectivity index (χ2v) is 8.61. The number of fused-ring (bicyclic) bond motifs is 2. The van der Waals surface area contributed by atoms with E-state index in [1.165, 1.54) is 19.2 Å². The van der Waals surface area contributed by atoms with Crippen molar-refractivity contribution in [1.29, 1.82) is 10.5 Å². The first-order valence-electron chi connectivity index (χ1n) is 11.4. The van der Waals surface area contributed by atoms with Crippen molar-refractivity contribution in [2.75, 3.05) is 13.7 Å². The molecule has 3 aromatic rings. The summed E-state index contributed by atoms with van der Waals surface area (Å²) in [5, 5.41) is 18.5. The van der Waals surface area contributed by atoms with Gasteiger partial charge in [0, 0.05) is 28.7 Å². The number of benzene rings is 3. The normalized spacial score (nSPS) is 17.2. The van der Waals surface area contributed by atoms with Crippen molar-refractivity contribution in [2.45, 2.75) is 31.3 Å². The third kappa shape index (κ3) is 4.30. The van der Waals surface area contributed by atoms with Crippen molar-refractivity contribution >= 4 is 5.97 Å². The summed E-state index contributed by atoms with van der Waals surface area (Å²) in [7, 11) is 1.36. The first kappa shape index (κ1) is 23.2. The summed E-state index contributed by atoms with van der Waals surface area (Å²) < 4.78 is 37.6. The van der Waals surface area contributed by atoms with Gasteiger partial charge in [-0.1, -0.05) is 6.07 Å². The SMILES string of the molecule is COC(=O)CC1COc2cc(O[C@@H]3CCc4c(Oc5ccc(C#N)cc5C#N)ccc(F)c43)ccc21. The molecular formula is C28H21FN2O5. The van der Waals surface area contributed by atoms with Crippen LogP contribution in [0.2, 0.25) is 0 Å². The number of esters is 1. The van der Waals surface area contributed by atoms with Gasteiger partial charge in [0.1, 0.15) is 41.0 Å². The Morgan fingerprint density at radius 2 is 1.94 bits per heavy atom. The van der Waals surface area contributed by atoms with E-state index in [0.717, 1.165) is 5.56 Å². The van der Waals surface area contributed by atoms with E-state index in [1.54, 1.807) is 30.3 Å². The lowest BCUT2D eigenvalue weighted by molar-refractivity contribution is -0.141. The fraction of sp³-hybridized carbons (Fsp3) is 0.250. The molecule has 0 spiro atoms. The minimum atomic E-state index is -0.523. The summed E-state index contributed by atoms with van der Waals surface area (Å²) in [5.74, 6) is 1.16. The highest BCUT2D eigenvalue weighted by atomic mass is 19.1. The van der Waals surface area contributed by atoms with Crippen molar-refractivity contribution in [3.63, 3.8) is 0 Å². The molecule has 8 heteroatoms. The highest BCUT2D eigenvalue weighted by molar-refractivity contribution is 5.71. The number of hydrogen-bond acceptors (Lipinski definition) is 7. The standard InChI is InChI=1S/C28H21FN2O5/c1-33-27(32)11-18-15-34-26-12-19(3-4-20(18)26)35-25-8-5-21-24(9-6-22(29)28(21)25)36-23-7-2-16(13-30)10-17(23)14-31/h2-4,6-7,9-10,12,18,25H,5,8,11,15H2,1H3/t18?,25-/m1/s1. The molecule has 2 atom stereocenters. The fourth-order valence-corrected chi connectivity index (χ4v) is 4.70. The molecule has 2 aliphatic rings. The van der Waals surface area contributed by atoms with Gasteiger partial charge in [-0.05, 0) is 49.2 Å². The summed E-state index contributed by atoms with van der Waals surface area (Å²) in [6.45, 7) is 0.384. The van der Waals surface area contributed by atoms with Crippen LogP contribution in [0, 0.1) is 28.5 Å². The molecule has 3 aromatic carbocycles. The molecule has 7 nitrogen and oxygen atoms in total. The number of nitriles is 2. The molecule has 1 aliphatic heterocycles. The number of nitrogens with zero attached hydrogens (tertiary/aromatic N) is 2. The van der Waals surface area contributed by atoms with E-state index in [1.807, 2.05) is 18.2 Å². The van der Waals surface area contributed by atoms with Gasteiger partial charge in [-0.25, -0.2) is 4.39 Å². The average molecular weight is 484 g/mol. The fourth-order valence-electron chi connectivity index (χ4n) is 4.70. The quantitative estimate of drug-likeness (QED) is 0.428. The van der Waals surface area contributed by atoms with Crippen molar-refractivity contribution in [3.8, 4) is 35.1 Å². The maximum atomic E-state index is 14.9. The van der Waals surface area contributed by atoms with Gasteiger partial charge in [0.2, 0.25) is 0 Å². The third-order valence-corrected chi connectivity index (χ3v) is 6.47. The Hall–Kier alpha value is -4.56. The summed E-state index contributed by atoms with van der Waals surface area (Å²) in [4.78, 5) is 11.7. The zero-order valence-electron chi connectivity index (χ0n) is 19.4. The number of halogens is 1. The Morgan fingerprint density at radius 1 is 1.11 bits per heavy atom. The molecule has 0 N–H and O–H groups in total. The first-order chi connectivity index (χ1) is 17.5. The Labute approximate surface area is 207 Å². The Balaban J connectivity index is 1.37. The van der Waals surface area contributed by atoms with E-state index < -0.39 is 11.9 Å². The van der Waals surface area contributed by atoms with Crippen LogP contribution in [0.5, 0.6) is 23.0 Å². The molecule has 1 aliphatic carbocycles. The zero-order valence-corrected chi connectivity index (χ0v) is 19.4. The molecule has 0 bridgehead atoms. The largest absolute Gasteiger partial charge is 0.492 e. The molecule has 1 unspecified atom stereocenters. The molecule has 5 rings (SSSR count). The van der Waals surface area contributed by atoms with E-state index >= 15 is 0 Å². The van der Waals surface area contributed by atoms with Crippen LogP contribution in [-0.4, -0.2) is 19.7 Å². The van der Waals surface area contributed by atoms with Crippen LogP contribution >= 0.6 is 0 Å². The van der Waals surface area contributed by atoms with E-state index in [9.17, 15) is 14.4 Å². The van der Waals surface area contributed by atoms with Gasteiger partial charge in [0.05, 0.1) is 37.3 Å². The van der Waals surface area contributed by atoms with Crippen LogP contribution in [-0.2, 0) is 16.0 Å². The van der Waals surface area contributed by atoms with Gasteiger partial charge in [-0.3, -0.25) is 4.79 Å². The lowest BCUT2D eigenvalue weighted by Gasteiger charge is -2.17. The van der Waals surface area contributed by atoms with Crippen molar-refractivity contribution in [3.05, 3.63) is 82.2 Å². The second kappa shape index (κ2) is 9.59. The average Bonchev–Trinajstić information content (AvgIpc) is 3.50. The van der Waals surface area contributed by atoms with E-state index in [0.29, 0.717) is 59.1 Å². The molecule has 0 radical (unpaired) electrons. The third-order valence-electron chi connectivity index (χ3n) is 6.47. The number of ether oxygens (including phenoxy) is 4. The molecule has 0 saturated heterocycles. The monoisotopic (exact) mass is 484 g/mol. The number of carbonyl (C=O) groups excluding carboxylic acids is 1. The highest BCUT2D eigenvalue weighted by Gasteiger charge is 2.32. The van der Waals surface area contributed by atoms with Gasteiger partial charge in [-0.15, -0.1) is 0 Å². The second-order valence-electron chi connectivity index (χ2n) is 8.61. The first-order valence-corrected chi connectivity index (χ1v) is 11.4. The minimum Gasteiger partial charge on any atom is -0.492 e. The lowest BCUT2D eigenvalue weighted by atomic mass is 9.98. The Bertz CT molecular complexity index is 1440. The van der Waals surface area contributed by atoms with Crippen LogP contribution in [0.15, 0.2) is 48.5 Å². The smallest absolute Gasteiger partial charge is 0.306 e. The summed E-state index contributed by atoms with van der Waals surface area (Å²) in [6.07, 6.45) is 0.799. The number of hydrogen-bond donors (Lipinski definition) is 0.